The Morgan fingerprint density at radius 1 is 0.828 bits per heavy atom. The van der Waals surface area contributed by atoms with E-state index in [0.29, 0.717) is 22.6 Å². The minimum Gasteiger partial charge on any atom is -0.454 e. The van der Waals surface area contributed by atoms with Crippen molar-refractivity contribution in [3.05, 3.63) is 82.7 Å². The minimum absolute atomic E-state index is 0.0338. The van der Waals surface area contributed by atoms with E-state index in [-0.39, 0.29) is 12.6 Å². The minimum atomic E-state index is -0.428. The van der Waals surface area contributed by atoms with Crippen molar-refractivity contribution in [3.8, 4) is 33.8 Å². The van der Waals surface area contributed by atoms with Gasteiger partial charge in [-0.05, 0) is 41.3 Å². The first-order valence-electron chi connectivity index (χ1n) is 9.18. The zero-order valence-electron chi connectivity index (χ0n) is 15.6. The molecule has 5 rings (SSSR count). The molecule has 3 aromatic carbocycles. The summed E-state index contributed by atoms with van der Waals surface area (Å²) < 4.78 is 16.2. The van der Waals surface area contributed by atoms with Gasteiger partial charge in [0.25, 0.3) is 0 Å². The summed E-state index contributed by atoms with van der Waals surface area (Å²) in [5, 5.41) is 0.776. The first-order chi connectivity index (χ1) is 14.1. The monoisotopic (exact) mass is 384 g/mol. The fraction of sp³-hybridized carbons (Fsp3) is 0.0833. The molecule has 0 radical (unpaired) electrons. The largest absolute Gasteiger partial charge is 0.454 e. The molecule has 1 aliphatic heterocycles. The number of carbonyl (C=O) groups is 1. The molecule has 0 spiro atoms. The lowest BCUT2D eigenvalue weighted by Crippen LogP contribution is -1.98. The number of ether oxygens (including phenoxy) is 2. The number of fused-ring (bicyclic) bond motifs is 2. The van der Waals surface area contributed by atoms with Crippen LogP contribution in [0.25, 0.3) is 33.2 Å². The molecule has 142 valence electrons. The van der Waals surface area contributed by atoms with Crippen LogP contribution in [0.4, 0.5) is 0 Å². The summed E-state index contributed by atoms with van der Waals surface area (Å²) in [6.07, 6.45) is 0. The van der Waals surface area contributed by atoms with Crippen molar-refractivity contribution in [2.24, 2.45) is 0 Å². The molecule has 5 nitrogen and oxygen atoms in total. The third-order valence-electron chi connectivity index (χ3n) is 5.04. The van der Waals surface area contributed by atoms with E-state index in [1.54, 1.807) is 13.0 Å². The quantitative estimate of drug-likeness (QED) is 0.365. The van der Waals surface area contributed by atoms with Crippen LogP contribution in [0, 0.1) is 0 Å². The average molecular weight is 384 g/mol. The van der Waals surface area contributed by atoms with Crippen LogP contribution < -0.4 is 15.1 Å². The summed E-state index contributed by atoms with van der Waals surface area (Å²) in [7, 11) is 0. The second-order valence-electron chi connectivity index (χ2n) is 6.90. The number of hydrogen-bond acceptors (Lipinski definition) is 5. The lowest BCUT2D eigenvalue weighted by molar-refractivity contribution is 0.101. The molecule has 0 N–H and O–H groups in total. The number of ketones is 1. The maximum Gasteiger partial charge on any atom is 0.336 e. The normalized spacial score (nSPS) is 12.3. The molecule has 0 atom stereocenters. The summed E-state index contributed by atoms with van der Waals surface area (Å²) in [6.45, 7) is 1.70. The molecular weight excluding hydrogens is 368 g/mol. The van der Waals surface area contributed by atoms with Gasteiger partial charge in [0.1, 0.15) is 5.58 Å². The van der Waals surface area contributed by atoms with Gasteiger partial charge in [-0.25, -0.2) is 4.79 Å². The number of hydrogen-bond donors (Lipinski definition) is 0. The Labute approximate surface area is 166 Å². The molecule has 29 heavy (non-hydrogen) atoms. The van der Waals surface area contributed by atoms with E-state index in [0.717, 1.165) is 27.6 Å². The molecule has 0 amide bonds. The zero-order valence-corrected chi connectivity index (χ0v) is 15.6. The molecule has 0 bridgehead atoms. The molecule has 0 aliphatic carbocycles. The molecule has 4 aromatic rings. The van der Waals surface area contributed by atoms with Gasteiger partial charge in [0.05, 0.1) is 0 Å². The van der Waals surface area contributed by atoms with Crippen molar-refractivity contribution in [2.45, 2.75) is 6.92 Å². The van der Waals surface area contributed by atoms with Gasteiger partial charge in [-0.1, -0.05) is 42.5 Å². The summed E-state index contributed by atoms with van der Waals surface area (Å²) in [6, 6.07) is 20.4. The van der Waals surface area contributed by atoms with Crippen LogP contribution in [0.5, 0.6) is 11.5 Å². The fourth-order valence-corrected chi connectivity index (χ4v) is 3.55. The first kappa shape index (κ1) is 17.3. The third-order valence-corrected chi connectivity index (χ3v) is 5.04. The van der Waals surface area contributed by atoms with E-state index in [2.05, 4.69) is 0 Å². The molecule has 5 heteroatoms. The van der Waals surface area contributed by atoms with E-state index in [4.69, 9.17) is 13.9 Å². The Bertz CT molecular complexity index is 1320. The van der Waals surface area contributed by atoms with Crippen LogP contribution in [0.3, 0.4) is 0 Å². The smallest absolute Gasteiger partial charge is 0.336 e. The van der Waals surface area contributed by atoms with Crippen molar-refractivity contribution >= 4 is 16.8 Å². The van der Waals surface area contributed by atoms with Crippen molar-refractivity contribution in [2.75, 3.05) is 6.79 Å². The Morgan fingerprint density at radius 2 is 1.55 bits per heavy atom. The van der Waals surface area contributed by atoms with Crippen LogP contribution in [-0.2, 0) is 0 Å². The van der Waals surface area contributed by atoms with Crippen LogP contribution in [0.15, 0.2) is 75.9 Å². The number of rotatable bonds is 3. The highest BCUT2D eigenvalue weighted by atomic mass is 16.7. The van der Waals surface area contributed by atoms with Crippen molar-refractivity contribution < 1.29 is 18.7 Å². The third kappa shape index (κ3) is 3.06. The van der Waals surface area contributed by atoms with E-state index >= 15 is 0 Å². The summed E-state index contributed by atoms with van der Waals surface area (Å²) in [5.74, 6) is 1.23. The van der Waals surface area contributed by atoms with Gasteiger partial charge in [-0.15, -0.1) is 0 Å². The molecule has 0 unspecified atom stereocenters. The van der Waals surface area contributed by atoms with E-state index in [9.17, 15) is 9.59 Å². The van der Waals surface area contributed by atoms with Crippen LogP contribution in [0.2, 0.25) is 0 Å². The highest BCUT2D eigenvalue weighted by Gasteiger charge is 2.18. The first-order valence-corrected chi connectivity index (χ1v) is 9.18. The van der Waals surface area contributed by atoms with Gasteiger partial charge in [-0.2, -0.15) is 0 Å². The van der Waals surface area contributed by atoms with Crippen LogP contribution >= 0.6 is 0 Å². The van der Waals surface area contributed by atoms with Gasteiger partial charge in [0.15, 0.2) is 17.3 Å². The summed E-state index contributed by atoms with van der Waals surface area (Å²) >= 11 is 0. The second kappa shape index (κ2) is 6.63. The number of benzene rings is 3. The Morgan fingerprint density at radius 3 is 2.31 bits per heavy atom. The van der Waals surface area contributed by atoms with Crippen molar-refractivity contribution in [3.63, 3.8) is 0 Å². The molecular formula is C24H16O5. The zero-order chi connectivity index (χ0) is 20.0. The van der Waals surface area contributed by atoms with Crippen molar-refractivity contribution in [1.82, 2.24) is 0 Å². The van der Waals surface area contributed by atoms with Gasteiger partial charge < -0.3 is 13.9 Å². The van der Waals surface area contributed by atoms with Crippen molar-refractivity contribution in [1.29, 1.82) is 0 Å². The fourth-order valence-electron chi connectivity index (χ4n) is 3.55. The maximum atomic E-state index is 12.2. The Kier molecular flexibility index (Phi) is 3.95. The van der Waals surface area contributed by atoms with Gasteiger partial charge in [0.2, 0.25) is 6.79 Å². The van der Waals surface area contributed by atoms with Gasteiger partial charge >= 0.3 is 5.63 Å². The number of Topliss-reactive ketones (excluding diaryl/α,β-unsaturated/α-hetero) is 1. The number of carbonyl (C=O) groups excluding carboxylic acids is 1. The predicted molar refractivity (Wildman–Crippen MR) is 109 cm³/mol. The van der Waals surface area contributed by atoms with Gasteiger partial charge in [0, 0.05) is 23.1 Å². The standard InChI is InChI=1S/C24H16O5/c1-14(25)15-5-7-16(8-6-15)17-3-2-4-18(9-17)19-11-24(26)29-21-12-23-22(10-20(19)21)27-13-28-23/h2-12H,13H2,1H3. The lowest BCUT2D eigenvalue weighted by Gasteiger charge is -2.09. The summed E-state index contributed by atoms with van der Waals surface area (Å²) in [4.78, 5) is 23.7. The lowest BCUT2D eigenvalue weighted by atomic mass is 9.96. The molecule has 0 fully saturated rings. The highest BCUT2D eigenvalue weighted by molar-refractivity contribution is 5.96. The summed E-state index contributed by atoms with van der Waals surface area (Å²) in [5.41, 5.74) is 4.32. The van der Waals surface area contributed by atoms with Gasteiger partial charge in [-0.3, -0.25) is 4.79 Å². The second-order valence-corrected chi connectivity index (χ2v) is 6.90. The molecule has 0 saturated carbocycles. The Hall–Kier alpha value is -3.86. The molecule has 2 heterocycles. The Balaban J connectivity index is 1.65. The van der Waals surface area contributed by atoms with Crippen LogP contribution in [-0.4, -0.2) is 12.6 Å². The molecule has 0 saturated heterocycles. The maximum absolute atomic E-state index is 12.2. The molecule has 1 aromatic heterocycles. The van der Waals surface area contributed by atoms with E-state index in [1.165, 1.54) is 6.07 Å². The van der Waals surface area contributed by atoms with E-state index < -0.39 is 5.63 Å². The molecule has 1 aliphatic rings. The average Bonchev–Trinajstić information content (AvgIpc) is 3.19. The predicted octanol–water partition coefficient (Wildman–Crippen LogP) is 5.06. The highest BCUT2D eigenvalue weighted by Crippen LogP contribution is 2.39. The SMILES string of the molecule is CC(=O)c1ccc(-c2cccc(-c3cc(=O)oc4cc5c(cc34)OCO5)c2)cc1. The van der Waals surface area contributed by atoms with Crippen LogP contribution in [0.1, 0.15) is 17.3 Å². The van der Waals surface area contributed by atoms with E-state index in [1.807, 2.05) is 54.6 Å². The topological polar surface area (TPSA) is 65.7 Å².